The number of carbonyl (C=O) groups excluding carboxylic acids is 1. The minimum absolute atomic E-state index is 0.0167. The molecule has 0 bridgehead atoms. The Morgan fingerprint density at radius 2 is 1.81 bits per heavy atom. The maximum atomic E-state index is 12.1. The zero-order valence-corrected chi connectivity index (χ0v) is 14.3. The number of benzene rings is 3. The first-order valence-electron chi connectivity index (χ1n) is 8.30. The van der Waals surface area contributed by atoms with Gasteiger partial charge >= 0.3 is 0 Å². The van der Waals surface area contributed by atoms with Gasteiger partial charge in [-0.3, -0.25) is 14.9 Å². The van der Waals surface area contributed by atoms with Crippen molar-refractivity contribution in [1.82, 2.24) is 5.32 Å². The highest BCUT2D eigenvalue weighted by Gasteiger charge is 2.12. The summed E-state index contributed by atoms with van der Waals surface area (Å²) in [6, 6.07) is 20.1. The van der Waals surface area contributed by atoms with Crippen LogP contribution in [-0.4, -0.2) is 17.4 Å². The smallest absolute Gasteiger partial charge is 0.271 e. The molecule has 0 aromatic heterocycles. The Bertz CT molecular complexity index is 950. The van der Waals surface area contributed by atoms with Crippen LogP contribution in [-0.2, 0) is 4.79 Å². The number of nitrogens with one attached hydrogen (secondary N) is 2. The van der Waals surface area contributed by atoms with Gasteiger partial charge in [0.05, 0.1) is 11.5 Å². The van der Waals surface area contributed by atoms with Crippen LogP contribution in [0.25, 0.3) is 10.8 Å². The van der Waals surface area contributed by atoms with Gasteiger partial charge in [-0.1, -0.05) is 48.5 Å². The fraction of sp³-hybridized carbons (Fsp3) is 0.150. The average molecular weight is 349 g/mol. The van der Waals surface area contributed by atoms with Crippen molar-refractivity contribution in [2.75, 3.05) is 11.9 Å². The van der Waals surface area contributed by atoms with Crippen LogP contribution in [0.4, 0.5) is 11.4 Å². The molecule has 3 aromatic rings. The van der Waals surface area contributed by atoms with Crippen LogP contribution in [0.5, 0.6) is 0 Å². The molecule has 0 aliphatic rings. The van der Waals surface area contributed by atoms with Crippen molar-refractivity contribution in [3.05, 3.63) is 82.4 Å². The van der Waals surface area contributed by atoms with E-state index >= 15 is 0 Å². The summed E-state index contributed by atoms with van der Waals surface area (Å²) in [5.74, 6) is -0.252. The maximum absolute atomic E-state index is 12.1. The predicted molar refractivity (Wildman–Crippen MR) is 102 cm³/mol. The topological polar surface area (TPSA) is 84.3 Å². The second-order valence-corrected chi connectivity index (χ2v) is 6.03. The van der Waals surface area contributed by atoms with Crippen molar-refractivity contribution in [3.63, 3.8) is 0 Å². The van der Waals surface area contributed by atoms with Crippen molar-refractivity contribution in [3.8, 4) is 0 Å². The van der Waals surface area contributed by atoms with Gasteiger partial charge in [-0.15, -0.1) is 0 Å². The molecule has 0 unspecified atom stereocenters. The molecule has 6 nitrogen and oxygen atoms in total. The third kappa shape index (κ3) is 4.04. The van der Waals surface area contributed by atoms with Crippen molar-refractivity contribution in [2.24, 2.45) is 0 Å². The molecule has 0 aliphatic carbocycles. The molecule has 0 fully saturated rings. The molecule has 26 heavy (non-hydrogen) atoms. The van der Waals surface area contributed by atoms with E-state index < -0.39 is 4.92 Å². The van der Waals surface area contributed by atoms with Crippen molar-refractivity contribution >= 4 is 28.1 Å². The van der Waals surface area contributed by atoms with Crippen molar-refractivity contribution in [1.29, 1.82) is 0 Å². The summed E-state index contributed by atoms with van der Waals surface area (Å²) < 4.78 is 0. The second-order valence-electron chi connectivity index (χ2n) is 6.03. The Kier molecular flexibility index (Phi) is 5.24. The summed E-state index contributed by atoms with van der Waals surface area (Å²) in [4.78, 5) is 22.5. The number of anilines is 1. The number of hydrogen-bond acceptors (Lipinski definition) is 4. The summed E-state index contributed by atoms with van der Waals surface area (Å²) in [5.41, 5.74) is 1.47. The van der Waals surface area contributed by atoms with Gasteiger partial charge in [0.2, 0.25) is 5.91 Å². The molecule has 3 aromatic carbocycles. The Morgan fingerprint density at radius 1 is 1.08 bits per heavy atom. The summed E-state index contributed by atoms with van der Waals surface area (Å²) in [5, 5.41) is 19.0. The number of nitrogens with zero attached hydrogens (tertiary/aromatic N) is 1. The molecular formula is C20H19N3O3. The molecule has 0 saturated heterocycles. The fourth-order valence-corrected chi connectivity index (χ4v) is 2.89. The highest BCUT2D eigenvalue weighted by molar-refractivity contribution is 5.92. The molecule has 0 spiro atoms. The lowest BCUT2D eigenvalue weighted by molar-refractivity contribution is -0.384. The van der Waals surface area contributed by atoms with E-state index in [1.54, 1.807) is 12.1 Å². The average Bonchev–Trinajstić information content (AvgIpc) is 2.66. The Balaban J connectivity index is 1.64. The predicted octanol–water partition coefficient (Wildman–Crippen LogP) is 4.04. The second kappa shape index (κ2) is 7.76. The zero-order valence-electron chi connectivity index (χ0n) is 14.3. The standard InChI is InChI=1S/C20H19N3O3/c1-14(18-11-4-7-15-6-2-3-10-19(15)18)21-13-20(24)22-16-8-5-9-17(12-16)23(25)26/h2-12,14,21H,13H2,1H3,(H,22,24)/t14-/m1/s1. The Hall–Kier alpha value is -3.25. The van der Waals surface area contributed by atoms with E-state index in [4.69, 9.17) is 0 Å². The van der Waals surface area contributed by atoms with Crippen LogP contribution in [0.2, 0.25) is 0 Å². The van der Waals surface area contributed by atoms with Crippen molar-refractivity contribution < 1.29 is 9.72 Å². The summed E-state index contributed by atoms with van der Waals surface area (Å²) in [6.45, 7) is 2.11. The van der Waals surface area contributed by atoms with Crippen LogP contribution in [0.3, 0.4) is 0 Å². The first kappa shape index (κ1) is 17.6. The van der Waals surface area contributed by atoms with Gasteiger partial charge in [-0.05, 0) is 29.3 Å². The van der Waals surface area contributed by atoms with Gasteiger partial charge < -0.3 is 10.6 Å². The Morgan fingerprint density at radius 3 is 2.62 bits per heavy atom. The van der Waals surface area contributed by atoms with Crippen LogP contribution in [0.15, 0.2) is 66.7 Å². The SMILES string of the molecule is C[C@@H](NCC(=O)Nc1cccc([N+](=O)[O-])c1)c1cccc2ccccc12. The molecule has 132 valence electrons. The minimum atomic E-state index is -0.490. The molecule has 1 amide bonds. The fourth-order valence-electron chi connectivity index (χ4n) is 2.89. The molecular weight excluding hydrogens is 330 g/mol. The number of hydrogen-bond donors (Lipinski definition) is 2. The zero-order chi connectivity index (χ0) is 18.5. The van der Waals surface area contributed by atoms with Crippen LogP contribution in [0, 0.1) is 10.1 Å². The van der Waals surface area contributed by atoms with Crippen LogP contribution in [0.1, 0.15) is 18.5 Å². The lowest BCUT2D eigenvalue weighted by atomic mass is 10.00. The molecule has 2 N–H and O–H groups in total. The van der Waals surface area contributed by atoms with E-state index in [1.807, 2.05) is 31.2 Å². The van der Waals surface area contributed by atoms with Crippen LogP contribution < -0.4 is 10.6 Å². The maximum Gasteiger partial charge on any atom is 0.271 e. The third-order valence-electron chi connectivity index (χ3n) is 4.20. The van der Waals surface area contributed by atoms with E-state index in [9.17, 15) is 14.9 Å². The number of carbonyl (C=O) groups is 1. The highest BCUT2D eigenvalue weighted by atomic mass is 16.6. The molecule has 0 aliphatic heterocycles. The lowest BCUT2D eigenvalue weighted by Gasteiger charge is -2.16. The first-order chi connectivity index (χ1) is 12.5. The first-order valence-corrected chi connectivity index (χ1v) is 8.30. The number of non-ortho nitro benzene ring substituents is 1. The summed E-state index contributed by atoms with van der Waals surface area (Å²) in [7, 11) is 0. The number of nitro groups is 1. The van der Waals surface area contributed by atoms with Crippen LogP contribution >= 0.6 is 0 Å². The van der Waals surface area contributed by atoms with Gasteiger partial charge in [0.25, 0.3) is 5.69 Å². The van der Waals surface area contributed by atoms with E-state index in [2.05, 4.69) is 28.8 Å². The van der Waals surface area contributed by atoms with E-state index in [0.717, 1.165) is 16.3 Å². The monoisotopic (exact) mass is 349 g/mol. The normalized spacial score (nSPS) is 11.9. The largest absolute Gasteiger partial charge is 0.325 e. The third-order valence-corrected chi connectivity index (χ3v) is 4.20. The summed E-state index contributed by atoms with van der Waals surface area (Å²) >= 11 is 0. The van der Waals surface area contributed by atoms with E-state index in [-0.39, 0.29) is 24.2 Å². The summed E-state index contributed by atoms with van der Waals surface area (Å²) in [6.07, 6.45) is 0. The number of nitro benzene ring substituents is 1. The van der Waals surface area contributed by atoms with Gasteiger partial charge in [0.1, 0.15) is 0 Å². The van der Waals surface area contributed by atoms with Gasteiger partial charge in [-0.25, -0.2) is 0 Å². The molecule has 0 saturated carbocycles. The number of amides is 1. The molecule has 0 radical (unpaired) electrons. The van der Waals surface area contributed by atoms with Gasteiger partial charge in [0.15, 0.2) is 0 Å². The lowest BCUT2D eigenvalue weighted by Crippen LogP contribution is -2.30. The van der Waals surface area contributed by atoms with Gasteiger partial charge in [0, 0.05) is 23.9 Å². The molecule has 1 atom stereocenters. The van der Waals surface area contributed by atoms with E-state index in [0.29, 0.717) is 5.69 Å². The Labute approximate surface area is 151 Å². The minimum Gasteiger partial charge on any atom is -0.325 e. The van der Waals surface area contributed by atoms with Gasteiger partial charge in [-0.2, -0.15) is 0 Å². The van der Waals surface area contributed by atoms with E-state index in [1.165, 1.54) is 12.1 Å². The number of rotatable bonds is 6. The number of fused-ring (bicyclic) bond motifs is 1. The highest BCUT2D eigenvalue weighted by Crippen LogP contribution is 2.24. The van der Waals surface area contributed by atoms with Crippen molar-refractivity contribution in [2.45, 2.75) is 13.0 Å². The quantitative estimate of drug-likeness (QED) is 0.520. The molecule has 0 heterocycles. The molecule has 6 heteroatoms. The molecule has 3 rings (SSSR count).